The monoisotopic (exact) mass is 345 g/mol. The first-order valence-electron chi connectivity index (χ1n) is 8.64. The van der Waals surface area contributed by atoms with Crippen LogP contribution in [0.3, 0.4) is 0 Å². The van der Waals surface area contributed by atoms with Crippen molar-refractivity contribution in [2.75, 3.05) is 20.6 Å². The van der Waals surface area contributed by atoms with E-state index in [0.717, 1.165) is 44.0 Å². The molecule has 0 aliphatic carbocycles. The van der Waals surface area contributed by atoms with Crippen molar-refractivity contribution in [3.8, 4) is 0 Å². The van der Waals surface area contributed by atoms with E-state index in [1.807, 2.05) is 11.7 Å². The fourth-order valence-electron chi connectivity index (χ4n) is 3.18. The van der Waals surface area contributed by atoms with Gasteiger partial charge in [-0.2, -0.15) is 10.2 Å². The summed E-state index contributed by atoms with van der Waals surface area (Å²) in [5, 5.41) is 11.9. The van der Waals surface area contributed by atoms with Gasteiger partial charge in [0.15, 0.2) is 0 Å². The van der Waals surface area contributed by atoms with Gasteiger partial charge in [-0.1, -0.05) is 0 Å². The molecule has 8 heteroatoms. The van der Waals surface area contributed by atoms with Gasteiger partial charge < -0.3 is 10.2 Å². The number of urea groups is 1. The maximum atomic E-state index is 11.7. The van der Waals surface area contributed by atoms with Crippen LogP contribution in [0.2, 0.25) is 0 Å². The van der Waals surface area contributed by atoms with E-state index < -0.39 is 0 Å². The molecular weight excluding hydrogens is 318 g/mol. The van der Waals surface area contributed by atoms with Gasteiger partial charge in [0.25, 0.3) is 0 Å². The zero-order chi connectivity index (χ0) is 18.0. The van der Waals surface area contributed by atoms with Gasteiger partial charge in [0.1, 0.15) is 0 Å². The number of hydrogen-bond donors (Lipinski definition) is 1. The second-order valence-corrected chi connectivity index (χ2v) is 6.88. The normalized spacial score (nSPS) is 14.9. The Kier molecular flexibility index (Phi) is 5.08. The van der Waals surface area contributed by atoms with E-state index in [2.05, 4.69) is 44.3 Å². The van der Waals surface area contributed by atoms with Crippen molar-refractivity contribution in [1.82, 2.24) is 34.7 Å². The summed E-state index contributed by atoms with van der Waals surface area (Å²) in [6, 6.07) is 2.00. The van der Waals surface area contributed by atoms with Crippen LogP contribution in [0, 0.1) is 6.92 Å². The minimum atomic E-state index is -0.100. The summed E-state index contributed by atoms with van der Waals surface area (Å²) in [5.41, 5.74) is 4.47. The third-order valence-electron chi connectivity index (χ3n) is 4.48. The van der Waals surface area contributed by atoms with E-state index >= 15 is 0 Å². The number of fused-ring (bicyclic) bond motifs is 1. The van der Waals surface area contributed by atoms with Gasteiger partial charge in [0.05, 0.1) is 23.6 Å². The lowest BCUT2D eigenvalue weighted by molar-refractivity contribution is 0.217. The third kappa shape index (κ3) is 4.19. The maximum Gasteiger partial charge on any atom is 0.317 e. The number of nitrogens with zero attached hydrogens (tertiary/aromatic N) is 6. The summed E-state index contributed by atoms with van der Waals surface area (Å²) in [7, 11) is 5.42. The fourth-order valence-corrected chi connectivity index (χ4v) is 3.18. The summed E-state index contributed by atoms with van der Waals surface area (Å²) < 4.78 is 3.95. The quantitative estimate of drug-likeness (QED) is 0.901. The molecule has 8 nitrogen and oxygen atoms in total. The number of hydrogen-bond acceptors (Lipinski definition) is 4. The number of aromatic nitrogens is 4. The highest BCUT2D eigenvalue weighted by Gasteiger charge is 2.18. The Balaban J connectivity index is 1.65. The van der Waals surface area contributed by atoms with E-state index in [1.165, 1.54) is 16.2 Å². The second-order valence-electron chi connectivity index (χ2n) is 6.88. The summed E-state index contributed by atoms with van der Waals surface area (Å²) in [6.07, 6.45) is 3.16. The predicted octanol–water partition coefficient (Wildman–Crippen LogP) is 1.10. The Bertz CT molecular complexity index is 746. The number of aryl methyl sites for hydroxylation is 3. The highest BCUT2D eigenvalue weighted by atomic mass is 16.2. The van der Waals surface area contributed by atoms with Crippen LogP contribution in [-0.2, 0) is 33.2 Å². The molecule has 25 heavy (non-hydrogen) atoms. The molecule has 0 bridgehead atoms. The van der Waals surface area contributed by atoms with Crippen LogP contribution in [0.4, 0.5) is 4.79 Å². The van der Waals surface area contributed by atoms with Gasteiger partial charge in [0, 0.05) is 59.1 Å². The van der Waals surface area contributed by atoms with Crippen molar-refractivity contribution in [2.45, 2.75) is 39.5 Å². The largest absolute Gasteiger partial charge is 0.332 e. The number of carbonyl (C=O) groups excluding carboxylic acids is 1. The topological polar surface area (TPSA) is 71.2 Å². The first-order valence-corrected chi connectivity index (χ1v) is 8.64. The van der Waals surface area contributed by atoms with E-state index in [4.69, 9.17) is 0 Å². The minimum Gasteiger partial charge on any atom is -0.332 e. The van der Waals surface area contributed by atoms with Gasteiger partial charge in [0.2, 0.25) is 0 Å². The molecule has 0 unspecified atom stereocenters. The molecule has 0 saturated carbocycles. The van der Waals surface area contributed by atoms with Crippen molar-refractivity contribution in [3.05, 3.63) is 34.9 Å². The van der Waals surface area contributed by atoms with Crippen LogP contribution in [0.5, 0.6) is 0 Å². The fraction of sp³-hybridized carbons (Fsp3) is 0.588. The molecule has 0 saturated heterocycles. The lowest BCUT2D eigenvalue weighted by atomic mass is 10.2. The molecule has 2 amide bonds. The summed E-state index contributed by atoms with van der Waals surface area (Å²) >= 11 is 0. The maximum absolute atomic E-state index is 11.7. The second kappa shape index (κ2) is 7.26. The predicted molar refractivity (Wildman–Crippen MR) is 94.8 cm³/mol. The molecule has 2 aromatic heterocycles. The first-order chi connectivity index (χ1) is 11.9. The molecule has 0 radical (unpaired) electrons. The average Bonchev–Trinajstić information content (AvgIpc) is 3.01. The van der Waals surface area contributed by atoms with E-state index in [-0.39, 0.29) is 6.03 Å². The van der Waals surface area contributed by atoms with Gasteiger partial charge in [-0.05, 0) is 19.4 Å². The molecule has 0 spiro atoms. The van der Waals surface area contributed by atoms with Crippen LogP contribution < -0.4 is 5.32 Å². The molecule has 0 aromatic carbocycles. The van der Waals surface area contributed by atoms with Crippen LogP contribution in [-0.4, -0.2) is 56.0 Å². The van der Waals surface area contributed by atoms with Crippen LogP contribution in [0.1, 0.15) is 29.1 Å². The smallest absolute Gasteiger partial charge is 0.317 e. The third-order valence-corrected chi connectivity index (χ3v) is 4.48. The standard InChI is InChI=1S/C17H27N7O/c1-13-14(10-22(4)19-13)11-23-6-5-7-24-16(12-23)8-15(20-24)9-18-17(25)21(2)3/h8,10H,5-7,9,11-12H2,1-4H3,(H,18,25). The van der Waals surface area contributed by atoms with E-state index in [1.54, 1.807) is 14.1 Å². The number of nitrogens with one attached hydrogen (secondary N) is 1. The zero-order valence-electron chi connectivity index (χ0n) is 15.5. The van der Waals surface area contributed by atoms with Crippen molar-refractivity contribution in [2.24, 2.45) is 7.05 Å². The molecule has 1 aliphatic rings. The molecular formula is C17H27N7O. The zero-order valence-corrected chi connectivity index (χ0v) is 15.5. The molecule has 136 valence electrons. The van der Waals surface area contributed by atoms with Crippen molar-refractivity contribution < 1.29 is 4.79 Å². The Morgan fingerprint density at radius 1 is 1.32 bits per heavy atom. The minimum absolute atomic E-state index is 0.100. The Morgan fingerprint density at radius 3 is 2.80 bits per heavy atom. The van der Waals surface area contributed by atoms with E-state index in [9.17, 15) is 4.79 Å². The van der Waals surface area contributed by atoms with Gasteiger partial charge >= 0.3 is 6.03 Å². The van der Waals surface area contributed by atoms with Crippen LogP contribution >= 0.6 is 0 Å². The highest BCUT2D eigenvalue weighted by Crippen LogP contribution is 2.17. The SMILES string of the molecule is Cc1nn(C)cc1CN1CCCn2nc(CNC(=O)N(C)C)cc2C1. The highest BCUT2D eigenvalue weighted by molar-refractivity contribution is 5.73. The lowest BCUT2D eigenvalue weighted by Gasteiger charge is -2.18. The molecule has 1 N–H and O–H groups in total. The van der Waals surface area contributed by atoms with Crippen molar-refractivity contribution in [3.63, 3.8) is 0 Å². The molecule has 3 rings (SSSR count). The van der Waals surface area contributed by atoms with Crippen LogP contribution in [0.15, 0.2) is 12.3 Å². The van der Waals surface area contributed by atoms with Gasteiger partial charge in [-0.25, -0.2) is 4.79 Å². The van der Waals surface area contributed by atoms with E-state index in [0.29, 0.717) is 6.54 Å². The van der Waals surface area contributed by atoms with Gasteiger partial charge in [-0.15, -0.1) is 0 Å². The Hall–Kier alpha value is -2.35. The summed E-state index contributed by atoms with van der Waals surface area (Å²) in [4.78, 5) is 15.6. The average molecular weight is 345 g/mol. The number of carbonyl (C=O) groups is 1. The van der Waals surface area contributed by atoms with Crippen molar-refractivity contribution in [1.29, 1.82) is 0 Å². The Labute approximate surface area is 148 Å². The lowest BCUT2D eigenvalue weighted by Crippen LogP contribution is -2.34. The Morgan fingerprint density at radius 2 is 2.12 bits per heavy atom. The molecule has 3 heterocycles. The molecule has 2 aromatic rings. The molecule has 0 atom stereocenters. The number of amides is 2. The van der Waals surface area contributed by atoms with Crippen LogP contribution in [0.25, 0.3) is 0 Å². The van der Waals surface area contributed by atoms with Crippen molar-refractivity contribution >= 4 is 6.03 Å². The van der Waals surface area contributed by atoms with Gasteiger partial charge in [-0.3, -0.25) is 14.3 Å². The summed E-state index contributed by atoms with van der Waals surface area (Å²) in [5.74, 6) is 0. The first kappa shape index (κ1) is 17.5. The molecule has 1 aliphatic heterocycles. The molecule has 0 fully saturated rings. The number of rotatable bonds is 4. The summed E-state index contributed by atoms with van der Waals surface area (Å²) in [6.45, 7) is 6.24.